The fraction of sp³-hybridized carbons (Fsp3) is 0.174. The molecule has 2 aromatic carbocycles. The van der Waals surface area contributed by atoms with Gasteiger partial charge >= 0.3 is 0 Å². The molecule has 4 aromatic rings. The highest BCUT2D eigenvalue weighted by molar-refractivity contribution is 8.04. The molecular formula is C23H20N4OS2. The molecule has 1 amide bonds. The standard InChI is InChI=1S/C23H20N4OS2/c28-22(17-8-5-7-15-12-13-24-21(15)17)27-25-14-16-6-1-3-10-19(16)29-23-26-18-9-2-4-11-20(18)30-23/h2,4-5,7-9,11-14,24H,1,3,6,10H2,(H,27,28). The van der Waals surface area contributed by atoms with Crippen molar-refractivity contribution in [2.24, 2.45) is 5.10 Å². The van der Waals surface area contributed by atoms with Crippen molar-refractivity contribution in [1.82, 2.24) is 15.4 Å². The number of amides is 1. The molecule has 0 spiro atoms. The number of H-pyrrole nitrogens is 1. The van der Waals surface area contributed by atoms with E-state index in [4.69, 9.17) is 4.98 Å². The van der Waals surface area contributed by atoms with Crippen LogP contribution in [0.25, 0.3) is 21.1 Å². The van der Waals surface area contributed by atoms with E-state index in [0.717, 1.165) is 40.0 Å². The number of thiazole rings is 1. The van der Waals surface area contributed by atoms with E-state index in [9.17, 15) is 4.79 Å². The molecule has 0 atom stereocenters. The summed E-state index contributed by atoms with van der Waals surface area (Å²) < 4.78 is 2.26. The van der Waals surface area contributed by atoms with E-state index < -0.39 is 0 Å². The summed E-state index contributed by atoms with van der Waals surface area (Å²) in [5.74, 6) is -0.212. The number of nitrogens with one attached hydrogen (secondary N) is 2. The minimum absolute atomic E-state index is 0.212. The minimum atomic E-state index is -0.212. The number of rotatable bonds is 5. The molecule has 0 aliphatic heterocycles. The Kier molecular flexibility index (Phi) is 5.38. The number of hydrogen-bond donors (Lipinski definition) is 2. The van der Waals surface area contributed by atoms with Crippen LogP contribution in [-0.2, 0) is 0 Å². The predicted octanol–water partition coefficient (Wildman–Crippen LogP) is 6.11. The summed E-state index contributed by atoms with van der Waals surface area (Å²) in [7, 11) is 0. The molecule has 150 valence electrons. The van der Waals surface area contributed by atoms with Gasteiger partial charge in [0.25, 0.3) is 5.91 Å². The first-order valence-corrected chi connectivity index (χ1v) is 11.6. The third-order valence-electron chi connectivity index (χ3n) is 5.16. The van der Waals surface area contributed by atoms with Gasteiger partial charge in [-0.1, -0.05) is 36.0 Å². The number of nitrogens with zero attached hydrogens (tertiary/aromatic N) is 2. The Bertz CT molecular complexity index is 1250. The molecular weight excluding hydrogens is 412 g/mol. The van der Waals surface area contributed by atoms with Crippen molar-refractivity contribution in [2.45, 2.75) is 30.0 Å². The highest BCUT2D eigenvalue weighted by Crippen LogP contribution is 2.39. The van der Waals surface area contributed by atoms with Gasteiger partial charge in [0.05, 0.1) is 27.5 Å². The first-order chi connectivity index (χ1) is 14.8. The first-order valence-electron chi connectivity index (χ1n) is 9.93. The Morgan fingerprint density at radius 2 is 2.03 bits per heavy atom. The van der Waals surface area contributed by atoms with E-state index in [-0.39, 0.29) is 5.91 Å². The summed E-state index contributed by atoms with van der Waals surface area (Å²) in [6.45, 7) is 0. The number of fused-ring (bicyclic) bond motifs is 2. The van der Waals surface area contributed by atoms with Crippen LogP contribution in [0.15, 0.2) is 74.6 Å². The second-order valence-electron chi connectivity index (χ2n) is 7.15. The normalized spacial score (nSPS) is 14.8. The smallest absolute Gasteiger partial charge is 0.273 e. The van der Waals surface area contributed by atoms with E-state index >= 15 is 0 Å². The number of carbonyl (C=O) groups excluding carboxylic acids is 1. The van der Waals surface area contributed by atoms with Crippen molar-refractivity contribution in [1.29, 1.82) is 0 Å². The molecule has 2 aromatic heterocycles. The Morgan fingerprint density at radius 1 is 1.13 bits per heavy atom. The lowest BCUT2D eigenvalue weighted by Gasteiger charge is -2.16. The number of thioether (sulfide) groups is 1. The van der Waals surface area contributed by atoms with Crippen LogP contribution in [-0.4, -0.2) is 22.1 Å². The molecule has 1 aliphatic carbocycles. The number of allylic oxidation sites excluding steroid dienone is 2. The van der Waals surface area contributed by atoms with Crippen molar-refractivity contribution in [2.75, 3.05) is 0 Å². The van der Waals surface area contributed by atoms with E-state index in [0.29, 0.717) is 5.56 Å². The maximum absolute atomic E-state index is 12.6. The molecule has 0 saturated carbocycles. The summed E-state index contributed by atoms with van der Waals surface area (Å²) in [6.07, 6.45) is 7.95. The Hall–Kier alpha value is -2.90. The lowest BCUT2D eigenvalue weighted by atomic mass is 10.0. The number of hydrogen-bond acceptors (Lipinski definition) is 5. The molecule has 7 heteroatoms. The fourth-order valence-electron chi connectivity index (χ4n) is 3.66. The van der Waals surface area contributed by atoms with Crippen molar-refractivity contribution in [3.63, 3.8) is 0 Å². The molecule has 5 nitrogen and oxygen atoms in total. The van der Waals surface area contributed by atoms with Gasteiger partial charge in [0.1, 0.15) is 0 Å². The van der Waals surface area contributed by atoms with E-state index in [1.54, 1.807) is 29.2 Å². The molecule has 0 saturated heterocycles. The van der Waals surface area contributed by atoms with Gasteiger partial charge in [0.15, 0.2) is 4.34 Å². The molecule has 0 fully saturated rings. The van der Waals surface area contributed by atoms with Gasteiger partial charge in [-0.3, -0.25) is 4.79 Å². The molecule has 30 heavy (non-hydrogen) atoms. The molecule has 2 heterocycles. The van der Waals surface area contributed by atoms with Crippen molar-refractivity contribution >= 4 is 56.3 Å². The van der Waals surface area contributed by atoms with Crippen LogP contribution in [0.4, 0.5) is 0 Å². The Morgan fingerprint density at radius 3 is 2.97 bits per heavy atom. The zero-order valence-corrected chi connectivity index (χ0v) is 17.9. The van der Waals surface area contributed by atoms with Crippen molar-refractivity contribution < 1.29 is 4.79 Å². The number of para-hydroxylation sites is 2. The zero-order valence-electron chi connectivity index (χ0n) is 16.2. The second-order valence-corrected chi connectivity index (χ2v) is 9.52. The molecule has 0 bridgehead atoms. The minimum Gasteiger partial charge on any atom is -0.361 e. The Labute approximate surface area is 182 Å². The van der Waals surface area contributed by atoms with Crippen molar-refractivity contribution in [3.05, 3.63) is 70.8 Å². The van der Waals surface area contributed by atoms with Crippen LogP contribution in [0.1, 0.15) is 36.0 Å². The molecule has 0 unspecified atom stereocenters. The number of benzene rings is 2. The van der Waals surface area contributed by atoms with Crippen molar-refractivity contribution in [3.8, 4) is 0 Å². The van der Waals surface area contributed by atoms with Crippen LogP contribution < -0.4 is 5.43 Å². The zero-order chi connectivity index (χ0) is 20.3. The quantitative estimate of drug-likeness (QED) is 0.295. The summed E-state index contributed by atoms with van der Waals surface area (Å²) in [5, 5.41) is 5.28. The summed E-state index contributed by atoms with van der Waals surface area (Å²) >= 11 is 3.46. The summed E-state index contributed by atoms with van der Waals surface area (Å²) in [5.41, 5.74) is 6.34. The SMILES string of the molecule is O=C(NN=CC1=C(Sc2nc3ccccc3s2)CCCC1)c1cccc2cc[nH]c12. The van der Waals surface area contributed by atoms with Gasteiger partial charge in [-0.2, -0.15) is 5.10 Å². The van der Waals surface area contributed by atoms with Crippen LogP contribution in [0.5, 0.6) is 0 Å². The van der Waals surface area contributed by atoms with Gasteiger partial charge in [0, 0.05) is 11.6 Å². The van der Waals surface area contributed by atoms with Gasteiger partial charge in [-0.05, 0) is 60.4 Å². The maximum Gasteiger partial charge on any atom is 0.273 e. The number of aromatic nitrogens is 2. The summed E-state index contributed by atoms with van der Waals surface area (Å²) in [6, 6.07) is 15.8. The number of carbonyl (C=O) groups is 1. The van der Waals surface area contributed by atoms with Gasteiger partial charge in [-0.15, -0.1) is 11.3 Å². The monoisotopic (exact) mass is 432 g/mol. The van der Waals surface area contributed by atoms with Crippen LogP contribution in [0.3, 0.4) is 0 Å². The first kappa shape index (κ1) is 19.1. The van der Waals surface area contributed by atoms with E-state index in [1.165, 1.54) is 21.6 Å². The highest BCUT2D eigenvalue weighted by atomic mass is 32.2. The third-order valence-corrected chi connectivity index (χ3v) is 7.47. The Balaban J connectivity index is 1.33. The molecule has 2 N–H and O–H groups in total. The van der Waals surface area contributed by atoms with Gasteiger partial charge < -0.3 is 4.98 Å². The lowest BCUT2D eigenvalue weighted by molar-refractivity contribution is 0.0956. The van der Waals surface area contributed by atoms with E-state index in [1.807, 2.05) is 48.8 Å². The second kappa shape index (κ2) is 8.45. The van der Waals surface area contributed by atoms with Crippen LogP contribution in [0, 0.1) is 0 Å². The average molecular weight is 433 g/mol. The van der Waals surface area contributed by atoms with Crippen LogP contribution in [0.2, 0.25) is 0 Å². The van der Waals surface area contributed by atoms with Gasteiger partial charge in [-0.25, -0.2) is 10.4 Å². The van der Waals surface area contributed by atoms with Crippen LogP contribution >= 0.6 is 23.1 Å². The molecule has 0 radical (unpaired) electrons. The highest BCUT2D eigenvalue weighted by Gasteiger charge is 2.15. The van der Waals surface area contributed by atoms with Gasteiger partial charge in [0.2, 0.25) is 0 Å². The topological polar surface area (TPSA) is 70.1 Å². The average Bonchev–Trinajstić information content (AvgIpc) is 3.41. The molecule has 5 rings (SSSR count). The molecule has 1 aliphatic rings. The largest absolute Gasteiger partial charge is 0.361 e. The third kappa shape index (κ3) is 3.91. The lowest BCUT2D eigenvalue weighted by Crippen LogP contribution is -2.18. The number of aromatic amines is 1. The maximum atomic E-state index is 12.6. The summed E-state index contributed by atoms with van der Waals surface area (Å²) in [4.78, 5) is 21.8. The van der Waals surface area contributed by atoms with E-state index in [2.05, 4.69) is 21.6 Å². The number of hydrazone groups is 1. The predicted molar refractivity (Wildman–Crippen MR) is 125 cm³/mol. The fourth-order valence-corrected chi connectivity index (χ4v) is 5.98.